The highest BCUT2D eigenvalue weighted by atomic mass is 16.5. The fourth-order valence-electron chi connectivity index (χ4n) is 2.26. The number of fused-ring (bicyclic) bond motifs is 1. The van der Waals surface area contributed by atoms with E-state index in [1.54, 1.807) is 0 Å². The average Bonchev–Trinajstić information content (AvgIpc) is 2.46. The van der Waals surface area contributed by atoms with Crippen LogP contribution in [-0.2, 0) is 0 Å². The Hall–Kier alpha value is -1.64. The zero-order valence-electron chi connectivity index (χ0n) is 12.6. The highest BCUT2D eigenvalue weighted by Gasteiger charge is 2.05. The molecule has 0 saturated heterocycles. The minimum atomic E-state index is 0.678. The van der Waals surface area contributed by atoms with Crippen molar-refractivity contribution in [3.8, 4) is 5.88 Å². The highest BCUT2D eigenvalue weighted by Crippen LogP contribution is 2.18. The maximum atomic E-state index is 5.78. The summed E-state index contributed by atoms with van der Waals surface area (Å²) in [6, 6.07) is 7.91. The smallest absolute Gasteiger partial charge is 0.235 e. The van der Waals surface area contributed by atoms with Crippen molar-refractivity contribution in [3.63, 3.8) is 0 Å². The first-order chi connectivity index (χ1) is 9.81. The molecule has 0 aliphatic heterocycles. The fraction of sp³-hybridized carbons (Fsp3) is 0.529. The van der Waals surface area contributed by atoms with Crippen LogP contribution >= 0.6 is 0 Å². The van der Waals surface area contributed by atoms with Gasteiger partial charge in [-0.3, -0.25) is 0 Å². The van der Waals surface area contributed by atoms with Gasteiger partial charge in [-0.05, 0) is 25.5 Å². The summed E-state index contributed by atoms with van der Waals surface area (Å²) < 4.78 is 5.78. The monoisotopic (exact) mass is 272 g/mol. The first kappa shape index (κ1) is 14.8. The van der Waals surface area contributed by atoms with Gasteiger partial charge in [-0.25, -0.2) is 9.97 Å². The molecule has 1 heterocycles. The second-order valence-corrected chi connectivity index (χ2v) is 5.22. The van der Waals surface area contributed by atoms with Crippen molar-refractivity contribution in [3.05, 3.63) is 30.0 Å². The van der Waals surface area contributed by atoms with E-state index < -0.39 is 0 Å². The van der Waals surface area contributed by atoms with E-state index >= 15 is 0 Å². The topological polar surface area (TPSA) is 35.0 Å². The van der Waals surface area contributed by atoms with Crippen LogP contribution in [0.15, 0.2) is 24.3 Å². The van der Waals surface area contributed by atoms with E-state index in [-0.39, 0.29) is 0 Å². The average molecular weight is 272 g/mol. The van der Waals surface area contributed by atoms with Gasteiger partial charge in [-0.2, -0.15) is 0 Å². The SMILES string of the molecule is CCCCCCCCOc1nc2ccccc2nc1C. The van der Waals surface area contributed by atoms with Gasteiger partial charge in [0, 0.05) is 0 Å². The van der Waals surface area contributed by atoms with Crippen molar-refractivity contribution in [2.45, 2.75) is 52.4 Å². The molecule has 20 heavy (non-hydrogen) atoms. The summed E-state index contributed by atoms with van der Waals surface area (Å²) >= 11 is 0. The molecular weight excluding hydrogens is 248 g/mol. The summed E-state index contributed by atoms with van der Waals surface area (Å²) in [6.45, 7) is 4.93. The Balaban J connectivity index is 1.82. The lowest BCUT2D eigenvalue weighted by atomic mass is 10.1. The Morgan fingerprint density at radius 3 is 2.30 bits per heavy atom. The lowest BCUT2D eigenvalue weighted by Gasteiger charge is -2.08. The largest absolute Gasteiger partial charge is 0.476 e. The van der Waals surface area contributed by atoms with Crippen molar-refractivity contribution < 1.29 is 4.74 Å². The molecule has 1 aromatic heterocycles. The van der Waals surface area contributed by atoms with Crippen molar-refractivity contribution in [1.29, 1.82) is 0 Å². The zero-order chi connectivity index (χ0) is 14.2. The second kappa shape index (κ2) is 7.83. The molecule has 0 aliphatic rings. The van der Waals surface area contributed by atoms with Crippen LogP contribution < -0.4 is 4.74 Å². The quantitative estimate of drug-likeness (QED) is 0.655. The second-order valence-electron chi connectivity index (χ2n) is 5.22. The number of ether oxygens (including phenoxy) is 1. The molecule has 0 amide bonds. The molecule has 0 radical (unpaired) electrons. The molecule has 0 saturated carbocycles. The van der Waals surface area contributed by atoms with Gasteiger partial charge < -0.3 is 4.74 Å². The summed E-state index contributed by atoms with van der Waals surface area (Å²) in [5.41, 5.74) is 2.70. The van der Waals surface area contributed by atoms with Crippen molar-refractivity contribution in [2.24, 2.45) is 0 Å². The van der Waals surface area contributed by atoms with Gasteiger partial charge in [0.2, 0.25) is 5.88 Å². The van der Waals surface area contributed by atoms with Crippen LogP contribution in [-0.4, -0.2) is 16.6 Å². The number of rotatable bonds is 8. The summed E-state index contributed by atoms with van der Waals surface area (Å²) in [5.74, 6) is 0.678. The van der Waals surface area contributed by atoms with E-state index in [1.165, 1.54) is 32.1 Å². The number of aryl methyl sites for hydroxylation is 1. The summed E-state index contributed by atoms with van der Waals surface area (Å²) in [6.07, 6.45) is 7.61. The number of hydrogen-bond acceptors (Lipinski definition) is 3. The molecule has 2 rings (SSSR count). The molecule has 1 aromatic carbocycles. The number of unbranched alkanes of at least 4 members (excludes halogenated alkanes) is 5. The molecule has 108 valence electrons. The molecule has 0 N–H and O–H groups in total. The third-order valence-corrected chi connectivity index (χ3v) is 3.44. The standard InChI is InChI=1S/C17H24N2O/c1-3-4-5-6-7-10-13-20-17-14(2)18-15-11-8-9-12-16(15)19-17/h8-9,11-12H,3-7,10,13H2,1-2H3. The number of para-hydroxylation sites is 2. The van der Waals surface area contributed by atoms with Crippen molar-refractivity contribution in [1.82, 2.24) is 9.97 Å². The Morgan fingerprint density at radius 2 is 1.55 bits per heavy atom. The van der Waals surface area contributed by atoms with Gasteiger partial charge in [-0.15, -0.1) is 0 Å². The number of nitrogens with zero attached hydrogens (tertiary/aromatic N) is 2. The maximum absolute atomic E-state index is 5.78. The summed E-state index contributed by atoms with van der Waals surface area (Å²) in [7, 11) is 0. The van der Waals surface area contributed by atoms with Gasteiger partial charge >= 0.3 is 0 Å². The van der Waals surface area contributed by atoms with Crippen LogP contribution in [0.2, 0.25) is 0 Å². The lowest BCUT2D eigenvalue weighted by molar-refractivity contribution is 0.291. The van der Waals surface area contributed by atoms with Gasteiger partial charge in [-0.1, -0.05) is 51.2 Å². The molecule has 0 bridgehead atoms. The molecule has 0 spiro atoms. The first-order valence-electron chi connectivity index (χ1n) is 7.67. The molecule has 0 fully saturated rings. The van der Waals surface area contributed by atoms with Crippen molar-refractivity contribution >= 4 is 11.0 Å². The van der Waals surface area contributed by atoms with Crippen LogP contribution in [0.25, 0.3) is 11.0 Å². The van der Waals surface area contributed by atoms with E-state index in [2.05, 4.69) is 16.9 Å². The summed E-state index contributed by atoms with van der Waals surface area (Å²) in [5, 5.41) is 0. The van der Waals surface area contributed by atoms with E-state index in [1.807, 2.05) is 31.2 Å². The van der Waals surface area contributed by atoms with E-state index in [4.69, 9.17) is 4.74 Å². The minimum Gasteiger partial charge on any atom is -0.476 e. The number of hydrogen-bond donors (Lipinski definition) is 0. The molecule has 0 unspecified atom stereocenters. The van der Waals surface area contributed by atoms with E-state index in [9.17, 15) is 0 Å². The number of benzene rings is 1. The van der Waals surface area contributed by atoms with E-state index in [0.29, 0.717) is 5.88 Å². The summed E-state index contributed by atoms with van der Waals surface area (Å²) in [4.78, 5) is 9.06. The first-order valence-corrected chi connectivity index (χ1v) is 7.67. The third-order valence-electron chi connectivity index (χ3n) is 3.44. The van der Waals surface area contributed by atoms with Crippen LogP contribution in [0.4, 0.5) is 0 Å². The maximum Gasteiger partial charge on any atom is 0.235 e. The highest BCUT2D eigenvalue weighted by molar-refractivity contribution is 5.74. The molecular formula is C17H24N2O. The Morgan fingerprint density at radius 1 is 0.900 bits per heavy atom. The minimum absolute atomic E-state index is 0.678. The van der Waals surface area contributed by atoms with E-state index in [0.717, 1.165) is 29.8 Å². The normalized spacial score (nSPS) is 10.9. The molecule has 2 aromatic rings. The van der Waals surface area contributed by atoms with Gasteiger partial charge in [0.15, 0.2) is 0 Å². The van der Waals surface area contributed by atoms with Gasteiger partial charge in [0.05, 0.1) is 17.6 Å². The van der Waals surface area contributed by atoms with Crippen molar-refractivity contribution in [2.75, 3.05) is 6.61 Å². The van der Waals surface area contributed by atoms with Crippen LogP contribution in [0.1, 0.15) is 51.1 Å². The Bertz CT molecular complexity index is 540. The predicted octanol–water partition coefficient (Wildman–Crippen LogP) is 4.68. The predicted molar refractivity (Wildman–Crippen MR) is 83.1 cm³/mol. The van der Waals surface area contributed by atoms with Crippen LogP contribution in [0.5, 0.6) is 5.88 Å². The zero-order valence-corrected chi connectivity index (χ0v) is 12.6. The third kappa shape index (κ3) is 4.19. The Labute approximate surface area is 121 Å². The molecule has 3 heteroatoms. The Kier molecular flexibility index (Phi) is 5.78. The lowest BCUT2D eigenvalue weighted by Crippen LogP contribution is -2.02. The molecule has 3 nitrogen and oxygen atoms in total. The van der Waals surface area contributed by atoms with Crippen LogP contribution in [0, 0.1) is 6.92 Å². The molecule has 0 aliphatic carbocycles. The van der Waals surface area contributed by atoms with Gasteiger partial charge in [0.1, 0.15) is 5.69 Å². The fourth-order valence-corrected chi connectivity index (χ4v) is 2.26. The van der Waals surface area contributed by atoms with Crippen LogP contribution in [0.3, 0.4) is 0 Å². The van der Waals surface area contributed by atoms with Gasteiger partial charge in [0.25, 0.3) is 0 Å². The number of aromatic nitrogens is 2. The molecule has 0 atom stereocenters.